The number of rotatable bonds is 3. The monoisotopic (exact) mass is 209 g/mol. The predicted octanol–water partition coefficient (Wildman–Crippen LogP) is 1.22. The standard InChI is InChI=1S/C10H10BF2NO/c1-6-2-9(14-4-8(6)11)15-5-7-3-10(7,12)13/h2,4,7H,3,5H2,1H3. The molecule has 1 atom stereocenters. The Bertz CT molecular complexity index is 384. The van der Waals surface area contributed by atoms with Crippen molar-refractivity contribution in [3.8, 4) is 5.88 Å². The molecule has 1 aliphatic rings. The van der Waals surface area contributed by atoms with Gasteiger partial charge in [0.15, 0.2) is 0 Å². The lowest BCUT2D eigenvalue weighted by Gasteiger charge is -2.06. The van der Waals surface area contributed by atoms with Gasteiger partial charge in [0.25, 0.3) is 5.92 Å². The Kier molecular flexibility index (Phi) is 2.40. The van der Waals surface area contributed by atoms with Crippen molar-refractivity contribution < 1.29 is 13.5 Å². The molecule has 0 saturated heterocycles. The van der Waals surface area contributed by atoms with E-state index >= 15 is 0 Å². The molecule has 5 heteroatoms. The first-order valence-electron chi connectivity index (χ1n) is 4.72. The molecule has 2 nitrogen and oxygen atoms in total. The third-order valence-electron chi connectivity index (χ3n) is 2.51. The van der Waals surface area contributed by atoms with Crippen molar-refractivity contribution in [2.45, 2.75) is 19.3 Å². The van der Waals surface area contributed by atoms with E-state index in [0.29, 0.717) is 11.3 Å². The molecule has 0 amide bonds. The van der Waals surface area contributed by atoms with E-state index in [1.165, 1.54) is 6.20 Å². The van der Waals surface area contributed by atoms with Crippen LogP contribution in [-0.4, -0.2) is 25.4 Å². The molecule has 0 bridgehead atoms. The zero-order valence-corrected chi connectivity index (χ0v) is 8.34. The van der Waals surface area contributed by atoms with E-state index in [1.54, 1.807) is 6.07 Å². The maximum atomic E-state index is 12.5. The van der Waals surface area contributed by atoms with Crippen molar-refractivity contribution in [2.24, 2.45) is 5.92 Å². The van der Waals surface area contributed by atoms with Gasteiger partial charge < -0.3 is 4.74 Å². The molecule has 2 rings (SSSR count). The molecule has 1 aromatic rings. The highest BCUT2D eigenvalue weighted by Crippen LogP contribution is 2.48. The quantitative estimate of drug-likeness (QED) is 0.698. The van der Waals surface area contributed by atoms with E-state index in [1.807, 2.05) is 6.92 Å². The SMILES string of the molecule is [B]c1cnc(OCC2CC2(F)F)cc1C. The normalized spacial score (nSPS) is 22.5. The minimum absolute atomic E-state index is 0.0172. The molecule has 0 spiro atoms. The van der Waals surface area contributed by atoms with Gasteiger partial charge in [0, 0.05) is 18.7 Å². The van der Waals surface area contributed by atoms with Crippen molar-refractivity contribution in [3.63, 3.8) is 0 Å². The van der Waals surface area contributed by atoms with Crippen LogP contribution in [0, 0.1) is 12.8 Å². The Labute approximate surface area is 88.1 Å². The summed E-state index contributed by atoms with van der Waals surface area (Å²) in [6.07, 6.45) is 1.39. The summed E-state index contributed by atoms with van der Waals surface area (Å²) in [4.78, 5) is 3.89. The van der Waals surface area contributed by atoms with Crippen LogP contribution in [0.5, 0.6) is 5.88 Å². The summed E-state index contributed by atoms with van der Waals surface area (Å²) < 4.78 is 30.2. The molecule has 0 aromatic carbocycles. The zero-order chi connectivity index (χ0) is 11.1. The fraction of sp³-hybridized carbons (Fsp3) is 0.500. The van der Waals surface area contributed by atoms with Crippen LogP contribution >= 0.6 is 0 Å². The van der Waals surface area contributed by atoms with Gasteiger partial charge in [0.05, 0.1) is 12.5 Å². The van der Waals surface area contributed by atoms with Crippen molar-refractivity contribution in [1.82, 2.24) is 4.98 Å². The Morgan fingerprint density at radius 2 is 2.33 bits per heavy atom. The number of hydrogen-bond acceptors (Lipinski definition) is 2. The van der Waals surface area contributed by atoms with Gasteiger partial charge in [-0.15, -0.1) is 0 Å². The zero-order valence-electron chi connectivity index (χ0n) is 8.34. The van der Waals surface area contributed by atoms with Crippen molar-refractivity contribution in [1.29, 1.82) is 0 Å². The Morgan fingerprint density at radius 1 is 1.67 bits per heavy atom. The average molecular weight is 209 g/mol. The molecule has 1 saturated carbocycles. The van der Waals surface area contributed by atoms with Gasteiger partial charge in [-0.25, -0.2) is 13.8 Å². The smallest absolute Gasteiger partial charge is 0.255 e. The van der Waals surface area contributed by atoms with Crippen molar-refractivity contribution >= 4 is 13.3 Å². The predicted molar refractivity (Wildman–Crippen MR) is 52.9 cm³/mol. The summed E-state index contributed by atoms with van der Waals surface area (Å²) in [6, 6.07) is 1.65. The third kappa shape index (κ3) is 2.27. The van der Waals surface area contributed by atoms with Gasteiger partial charge in [0.2, 0.25) is 5.88 Å². The van der Waals surface area contributed by atoms with Crippen LogP contribution in [0.25, 0.3) is 0 Å². The summed E-state index contributed by atoms with van der Waals surface area (Å²) in [5, 5.41) is 0. The van der Waals surface area contributed by atoms with Crippen LogP contribution in [0.2, 0.25) is 0 Å². The first kappa shape index (κ1) is 10.4. The van der Waals surface area contributed by atoms with Crippen LogP contribution in [-0.2, 0) is 0 Å². The van der Waals surface area contributed by atoms with E-state index in [0.717, 1.165) is 5.56 Å². The van der Waals surface area contributed by atoms with Gasteiger partial charge in [-0.1, -0.05) is 11.0 Å². The second-order valence-electron chi connectivity index (χ2n) is 3.85. The number of alkyl halides is 2. The number of aryl methyl sites for hydroxylation is 1. The molecule has 1 aliphatic carbocycles. The summed E-state index contributed by atoms with van der Waals surface area (Å²) in [6.45, 7) is 1.83. The Morgan fingerprint density at radius 3 is 2.87 bits per heavy atom. The Balaban J connectivity index is 1.92. The van der Waals surface area contributed by atoms with Gasteiger partial charge in [0.1, 0.15) is 7.85 Å². The molecule has 0 aliphatic heterocycles. The van der Waals surface area contributed by atoms with Crippen LogP contribution < -0.4 is 10.2 Å². The highest BCUT2D eigenvalue weighted by atomic mass is 19.3. The molecule has 1 unspecified atom stereocenters. The highest BCUT2D eigenvalue weighted by molar-refractivity contribution is 6.33. The van der Waals surface area contributed by atoms with Gasteiger partial charge >= 0.3 is 0 Å². The topological polar surface area (TPSA) is 22.1 Å². The Hall–Kier alpha value is -1.13. The lowest BCUT2D eigenvalue weighted by Crippen LogP contribution is -2.11. The first-order valence-corrected chi connectivity index (χ1v) is 4.72. The number of pyridine rings is 1. The van der Waals surface area contributed by atoms with E-state index < -0.39 is 11.8 Å². The first-order chi connectivity index (χ1) is 6.99. The van der Waals surface area contributed by atoms with E-state index in [-0.39, 0.29) is 13.0 Å². The fourth-order valence-corrected chi connectivity index (χ4v) is 1.26. The summed E-state index contributed by atoms with van der Waals surface area (Å²) >= 11 is 0. The number of nitrogens with zero attached hydrogens (tertiary/aromatic N) is 1. The number of ether oxygens (including phenoxy) is 1. The number of hydrogen-bond donors (Lipinski definition) is 0. The minimum atomic E-state index is -2.54. The van der Waals surface area contributed by atoms with Gasteiger partial charge in [-0.05, 0) is 6.92 Å². The minimum Gasteiger partial charge on any atom is -0.477 e. The van der Waals surface area contributed by atoms with Crippen molar-refractivity contribution in [3.05, 3.63) is 17.8 Å². The molecule has 78 valence electrons. The maximum absolute atomic E-state index is 12.5. The molecular formula is C10H10BF2NO. The lowest BCUT2D eigenvalue weighted by atomic mass is 9.94. The van der Waals surface area contributed by atoms with Crippen LogP contribution in [0.4, 0.5) is 8.78 Å². The average Bonchev–Trinajstić information content (AvgIpc) is 2.77. The molecule has 15 heavy (non-hydrogen) atoms. The van der Waals surface area contributed by atoms with E-state index in [9.17, 15) is 8.78 Å². The molecule has 0 N–H and O–H groups in total. The van der Waals surface area contributed by atoms with E-state index in [4.69, 9.17) is 12.6 Å². The largest absolute Gasteiger partial charge is 0.477 e. The molecule has 1 fully saturated rings. The van der Waals surface area contributed by atoms with Crippen LogP contribution in [0.1, 0.15) is 12.0 Å². The molecule has 2 radical (unpaired) electrons. The second kappa shape index (κ2) is 3.47. The molecule has 1 heterocycles. The molecular weight excluding hydrogens is 199 g/mol. The highest BCUT2D eigenvalue weighted by Gasteiger charge is 2.57. The second-order valence-corrected chi connectivity index (χ2v) is 3.85. The summed E-state index contributed by atoms with van der Waals surface area (Å²) in [7, 11) is 5.56. The van der Waals surface area contributed by atoms with E-state index in [2.05, 4.69) is 4.98 Å². The van der Waals surface area contributed by atoms with Crippen molar-refractivity contribution in [2.75, 3.05) is 6.61 Å². The van der Waals surface area contributed by atoms with Gasteiger partial charge in [-0.3, -0.25) is 0 Å². The summed E-state index contributed by atoms with van der Waals surface area (Å²) in [5.74, 6) is -2.84. The van der Waals surface area contributed by atoms with Crippen LogP contribution in [0.3, 0.4) is 0 Å². The van der Waals surface area contributed by atoms with Crippen LogP contribution in [0.15, 0.2) is 12.3 Å². The van der Waals surface area contributed by atoms with Gasteiger partial charge in [-0.2, -0.15) is 0 Å². The number of aromatic nitrogens is 1. The fourth-order valence-electron chi connectivity index (χ4n) is 1.26. The maximum Gasteiger partial charge on any atom is 0.255 e. The summed E-state index contributed by atoms with van der Waals surface area (Å²) in [5.41, 5.74) is 1.40. The lowest BCUT2D eigenvalue weighted by molar-refractivity contribution is 0.0849. The molecule has 1 aromatic heterocycles. The number of halogens is 2. The third-order valence-corrected chi connectivity index (χ3v) is 2.51.